The van der Waals surface area contributed by atoms with Crippen molar-refractivity contribution in [2.75, 3.05) is 13.6 Å². The van der Waals surface area contributed by atoms with Crippen molar-refractivity contribution in [3.8, 4) is 0 Å². The van der Waals surface area contributed by atoms with Crippen LogP contribution in [0.25, 0.3) is 0 Å². The molecule has 1 rings (SSSR count). The first-order valence-corrected chi connectivity index (χ1v) is 5.58. The lowest BCUT2D eigenvalue weighted by Crippen LogP contribution is -2.37. The Kier molecular flexibility index (Phi) is 4.88. The first-order chi connectivity index (χ1) is 8.77. The van der Waals surface area contributed by atoms with Gasteiger partial charge in [-0.2, -0.15) is 13.2 Å². The lowest BCUT2D eigenvalue weighted by Gasteiger charge is -2.13. The fraction of sp³-hybridized carbons (Fsp3) is 0.417. The molecule has 7 heteroatoms. The molecule has 19 heavy (non-hydrogen) atoms. The minimum Gasteiger partial charge on any atom is -0.350 e. The van der Waals surface area contributed by atoms with Gasteiger partial charge in [0.25, 0.3) is 5.91 Å². The average Bonchev–Trinajstić information content (AvgIpc) is 2.34. The molecule has 0 radical (unpaired) electrons. The molecule has 0 aliphatic rings. The molecule has 0 heterocycles. The van der Waals surface area contributed by atoms with Crippen molar-refractivity contribution in [3.05, 3.63) is 35.1 Å². The Balaban J connectivity index is 2.93. The number of hydrogen-bond acceptors (Lipinski definition) is 2. The van der Waals surface area contributed by atoms with Crippen molar-refractivity contribution in [3.63, 3.8) is 0 Å². The summed E-state index contributed by atoms with van der Waals surface area (Å²) >= 11 is 0. The van der Waals surface area contributed by atoms with Gasteiger partial charge in [-0.15, -0.1) is 0 Å². The van der Waals surface area contributed by atoms with Crippen LogP contribution >= 0.6 is 0 Å². The summed E-state index contributed by atoms with van der Waals surface area (Å²) in [5.74, 6) is -2.42. The number of carbonyl (C=O) groups is 1. The smallest absolute Gasteiger partial charge is 0.350 e. The van der Waals surface area contributed by atoms with E-state index in [4.69, 9.17) is 0 Å². The summed E-state index contributed by atoms with van der Waals surface area (Å²) in [5, 5.41) is 5.19. The lowest BCUT2D eigenvalue weighted by atomic mass is 10.1. The number of hydrogen-bond donors (Lipinski definition) is 2. The van der Waals surface area contributed by atoms with Gasteiger partial charge in [-0.25, -0.2) is 4.39 Å². The number of likely N-dealkylation sites (N-methyl/N-ethyl adjacent to an activating group) is 1. The molecule has 1 unspecified atom stereocenters. The summed E-state index contributed by atoms with van der Waals surface area (Å²) in [6.45, 7) is 1.95. The number of alkyl halides is 3. The molecular formula is C12H14F4N2O. The number of rotatable bonds is 4. The van der Waals surface area contributed by atoms with Crippen LogP contribution < -0.4 is 10.6 Å². The number of halogens is 4. The van der Waals surface area contributed by atoms with Gasteiger partial charge in [0.05, 0.1) is 11.1 Å². The molecule has 1 amide bonds. The highest BCUT2D eigenvalue weighted by Gasteiger charge is 2.35. The monoisotopic (exact) mass is 278 g/mol. The average molecular weight is 278 g/mol. The highest BCUT2D eigenvalue weighted by Crippen LogP contribution is 2.32. The van der Waals surface area contributed by atoms with Crippen LogP contribution in [0.4, 0.5) is 17.6 Å². The molecule has 106 valence electrons. The van der Waals surface area contributed by atoms with Gasteiger partial charge in [0.2, 0.25) is 0 Å². The van der Waals surface area contributed by atoms with E-state index in [1.54, 1.807) is 14.0 Å². The van der Waals surface area contributed by atoms with E-state index in [2.05, 4.69) is 10.6 Å². The first-order valence-electron chi connectivity index (χ1n) is 5.58. The summed E-state index contributed by atoms with van der Waals surface area (Å²) in [7, 11) is 1.67. The van der Waals surface area contributed by atoms with E-state index in [1.165, 1.54) is 0 Å². The number of carbonyl (C=O) groups excluding carboxylic acids is 1. The summed E-state index contributed by atoms with van der Waals surface area (Å²) < 4.78 is 51.1. The second kappa shape index (κ2) is 6.01. The number of nitrogens with one attached hydrogen (secondary N) is 2. The van der Waals surface area contributed by atoms with Crippen molar-refractivity contribution in [2.24, 2.45) is 0 Å². The van der Waals surface area contributed by atoms with Gasteiger partial charge >= 0.3 is 6.18 Å². The minimum atomic E-state index is -4.82. The Labute approximate surface area is 108 Å². The summed E-state index contributed by atoms with van der Waals surface area (Å²) in [5.41, 5.74) is -2.06. The van der Waals surface area contributed by atoms with Crippen molar-refractivity contribution < 1.29 is 22.4 Å². The zero-order valence-corrected chi connectivity index (χ0v) is 10.4. The fourth-order valence-electron chi connectivity index (χ4n) is 1.37. The van der Waals surface area contributed by atoms with Gasteiger partial charge in [0.15, 0.2) is 0 Å². The van der Waals surface area contributed by atoms with Gasteiger partial charge < -0.3 is 10.6 Å². The van der Waals surface area contributed by atoms with Crippen molar-refractivity contribution in [1.29, 1.82) is 0 Å². The molecular weight excluding hydrogens is 264 g/mol. The van der Waals surface area contributed by atoms with Gasteiger partial charge in [-0.1, -0.05) is 6.07 Å². The maximum absolute atomic E-state index is 13.6. The maximum atomic E-state index is 13.6. The van der Waals surface area contributed by atoms with E-state index < -0.39 is 29.0 Å². The fourth-order valence-corrected chi connectivity index (χ4v) is 1.37. The van der Waals surface area contributed by atoms with E-state index in [1.807, 2.05) is 0 Å². The Morgan fingerprint density at radius 1 is 1.37 bits per heavy atom. The lowest BCUT2D eigenvalue weighted by molar-refractivity contribution is -0.140. The zero-order valence-electron chi connectivity index (χ0n) is 10.4. The van der Waals surface area contributed by atoms with Gasteiger partial charge in [0.1, 0.15) is 5.82 Å². The van der Waals surface area contributed by atoms with Crippen LogP contribution in [0, 0.1) is 5.82 Å². The Hall–Kier alpha value is -1.63. The summed E-state index contributed by atoms with van der Waals surface area (Å²) in [4.78, 5) is 11.6. The molecule has 1 aromatic rings. The Morgan fingerprint density at radius 3 is 2.53 bits per heavy atom. The third kappa shape index (κ3) is 3.92. The van der Waals surface area contributed by atoms with E-state index in [0.717, 1.165) is 12.1 Å². The standard InChI is InChI=1S/C12H14F4N2O/c1-7(17-2)6-18-11(19)8-4-3-5-9(10(8)13)12(14,15)16/h3-5,7,17H,6H2,1-2H3,(H,18,19). The molecule has 1 atom stereocenters. The quantitative estimate of drug-likeness (QED) is 0.829. The van der Waals surface area contributed by atoms with Crippen LogP contribution in [0.1, 0.15) is 22.8 Å². The van der Waals surface area contributed by atoms with E-state index >= 15 is 0 Å². The number of amides is 1. The van der Waals surface area contributed by atoms with Gasteiger partial charge in [-0.3, -0.25) is 4.79 Å². The first kappa shape index (κ1) is 15.4. The normalized spacial score (nSPS) is 13.2. The zero-order chi connectivity index (χ0) is 14.6. The van der Waals surface area contributed by atoms with Gasteiger partial charge in [0, 0.05) is 12.6 Å². The van der Waals surface area contributed by atoms with Crippen molar-refractivity contribution in [1.82, 2.24) is 10.6 Å². The third-order valence-electron chi connectivity index (χ3n) is 2.61. The second-order valence-corrected chi connectivity index (χ2v) is 4.06. The Bertz CT molecular complexity index is 460. The molecule has 3 nitrogen and oxygen atoms in total. The van der Waals surface area contributed by atoms with E-state index in [0.29, 0.717) is 6.07 Å². The largest absolute Gasteiger partial charge is 0.419 e. The van der Waals surface area contributed by atoms with E-state index in [-0.39, 0.29) is 12.6 Å². The molecule has 0 saturated carbocycles. The van der Waals surface area contributed by atoms with Crippen LogP contribution in [-0.4, -0.2) is 25.5 Å². The third-order valence-corrected chi connectivity index (χ3v) is 2.61. The highest BCUT2D eigenvalue weighted by molar-refractivity contribution is 5.94. The molecule has 0 fully saturated rings. The predicted octanol–water partition coefficient (Wildman–Crippen LogP) is 2.18. The molecule has 0 saturated heterocycles. The predicted molar refractivity (Wildman–Crippen MR) is 62.3 cm³/mol. The van der Waals surface area contributed by atoms with Crippen molar-refractivity contribution in [2.45, 2.75) is 19.1 Å². The molecule has 0 aromatic heterocycles. The molecule has 1 aromatic carbocycles. The number of benzene rings is 1. The minimum absolute atomic E-state index is 0.0715. The summed E-state index contributed by atoms with van der Waals surface area (Å²) in [6.07, 6.45) is -4.82. The molecule has 0 bridgehead atoms. The van der Waals surface area contributed by atoms with Crippen LogP contribution in [0.15, 0.2) is 18.2 Å². The van der Waals surface area contributed by atoms with Crippen LogP contribution in [-0.2, 0) is 6.18 Å². The molecule has 0 aliphatic carbocycles. The highest BCUT2D eigenvalue weighted by atomic mass is 19.4. The second-order valence-electron chi connectivity index (χ2n) is 4.06. The Morgan fingerprint density at radius 2 is 2.00 bits per heavy atom. The molecule has 0 spiro atoms. The summed E-state index contributed by atoms with van der Waals surface area (Å²) in [6, 6.07) is 2.55. The SMILES string of the molecule is CNC(C)CNC(=O)c1cccc(C(F)(F)F)c1F. The van der Waals surface area contributed by atoms with Crippen LogP contribution in [0.5, 0.6) is 0 Å². The molecule has 0 aliphatic heterocycles. The molecule has 2 N–H and O–H groups in total. The van der Waals surface area contributed by atoms with E-state index in [9.17, 15) is 22.4 Å². The maximum Gasteiger partial charge on any atom is 0.419 e. The van der Waals surface area contributed by atoms with Crippen LogP contribution in [0.3, 0.4) is 0 Å². The topological polar surface area (TPSA) is 41.1 Å². The van der Waals surface area contributed by atoms with Gasteiger partial charge in [-0.05, 0) is 26.1 Å². The van der Waals surface area contributed by atoms with Crippen molar-refractivity contribution >= 4 is 5.91 Å². The van der Waals surface area contributed by atoms with Crippen LogP contribution in [0.2, 0.25) is 0 Å².